The largest absolute Gasteiger partial charge is 0.351 e. The summed E-state index contributed by atoms with van der Waals surface area (Å²) in [4.78, 5) is 16.6. The Kier molecular flexibility index (Phi) is 2.51. The van der Waals surface area contributed by atoms with E-state index in [2.05, 4.69) is 15.3 Å². The van der Waals surface area contributed by atoms with Crippen LogP contribution in [0.5, 0.6) is 0 Å². The number of H-pyrrole nitrogens is 1. The molecule has 9 heteroatoms. The number of carbonyl (C=O) groups is 1. The van der Waals surface area contributed by atoms with Gasteiger partial charge in [0.2, 0.25) is 0 Å². The molecule has 1 aromatic carbocycles. The molecule has 0 radical (unpaired) electrons. The Morgan fingerprint density at radius 3 is 3.21 bits per heavy atom. The van der Waals surface area contributed by atoms with Gasteiger partial charge in [0.05, 0.1) is 17.4 Å². The molecule has 0 bridgehead atoms. The number of nitrogens with zero attached hydrogens (tertiary/aromatic N) is 4. The summed E-state index contributed by atoms with van der Waals surface area (Å²) in [6, 6.07) is 8.63. The summed E-state index contributed by atoms with van der Waals surface area (Å²) >= 11 is 6.02. The highest BCUT2D eigenvalue weighted by Crippen LogP contribution is 2.28. The highest BCUT2D eigenvalue weighted by Gasteiger charge is 2.29. The van der Waals surface area contributed by atoms with Crippen LogP contribution in [0.25, 0.3) is 11.4 Å². The number of anilines is 2. The Morgan fingerprint density at radius 2 is 2.38 bits per heavy atom. The molecule has 3 N–H and O–H groups in total. The average molecular weight is 345 g/mol. The molecular formula is C15H11ClN7O+. The molecule has 0 fully saturated rings. The lowest BCUT2D eigenvalue weighted by Gasteiger charge is -2.15. The molecule has 0 saturated heterocycles. The van der Waals surface area contributed by atoms with Gasteiger partial charge < -0.3 is 10.6 Å². The van der Waals surface area contributed by atoms with E-state index < -0.39 is 12.0 Å². The molecule has 0 aliphatic carbocycles. The second-order valence-corrected chi connectivity index (χ2v) is 5.17. The summed E-state index contributed by atoms with van der Waals surface area (Å²) in [5, 5.41) is 9.86. The van der Waals surface area contributed by atoms with E-state index in [1.165, 1.54) is 23.0 Å². The molecule has 4 rings (SSSR count). The Morgan fingerprint density at radius 1 is 1.46 bits per heavy atom. The number of rotatable bonds is 2. The number of aromatic amines is 1. The van der Waals surface area contributed by atoms with Crippen LogP contribution in [0.2, 0.25) is 9.26 Å². The van der Waals surface area contributed by atoms with Crippen LogP contribution in [0.15, 0.2) is 48.6 Å². The van der Waals surface area contributed by atoms with Crippen LogP contribution in [0, 0.1) is 0 Å². The van der Waals surface area contributed by atoms with Crippen molar-refractivity contribution in [2.24, 2.45) is 0 Å². The number of hydrogen-bond acceptors (Lipinski definition) is 5. The maximum atomic E-state index is 12.7. The van der Waals surface area contributed by atoms with Crippen LogP contribution in [-0.2, 0) is 4.79 Å². The average Bonchev–Trinajstić information content (AvgIpc) is 3.08. The molecule has 118 valence electrons. The summed E-state index contributed by atoms with van der Waals surface area (Å²) in [6.45, 7) is 0. The minimum Gasteiger partial charge on any atom is -0.347 e. The third-order valence-corrected chi connectivity index (χ3v) is 3.41. The zero-order valence-electron chi connectivity index (χ0n) is 16.0. The minimum atomic E-state index is -1.03. The Hall–Kier alpha value is -3.26. The van der Waals surface area contributed by atoms with E-state index in [1.807, 2.05) is 0 Å². The van der Waals surface area contributed by atoms with E-state index >= 15 is 0 Å². The topological polar surface area (TPSA) is 99.5 Å². The van der Waals surface area contributed by atoms with Gasteiger partial charge in [-0.15, -0.1) is 0 Å². The molecule has 0 unspecified atom stereocenters. The first-order valence-electron chi connectivity index (χ1n) is 8.66. The predicted molar refractivity (Wildman–Crippen MR) is 87.4 cm³/mol. The Bertz CT molecular complexity index is 1120. The van der Waals surface area contributed by atoms with Crippen molar-refractivity contribution in [3.63, 3.8) is 0 Å². The molecule has 8 nitrogen and oxygen atoms in total. The van der Waals surface area contributed by atoms with Gasteiger partial charge in [0.25, 0.3) is 5.91 Å². The van der Waals surface area contributed by atoms with Crippen molar-refractivity contribution in [3.8, 4) is 5.69 Å². The zero-order valence-corrected chi connectivity index (χ0v) is 12.7. The van der Waals surface area contributed by atoms with Crippen LogP contribution in [0.4, 0.5) is 11.5 Å². The monoisotopic (exact) mass is 344 g/mol. The van der Waals surface area contributed by atoms with Crippen molar-refractivity contribution in [3.05, 3.63) is 59.5 Å². The summed E-state index contributed by atoms with van der Waals surface area (Å²) in [5.74, 6) is -1.07. The highest BCUT2D eigenvalue weighted by molar-refractivity contribution is 6.31. The first-order chi connectivity index (χ1) is 13.4. The third-order valence-electron chi connectivity index (χ3n) is 3.17. The van der Waals surface area contributed by atoms with Gasteiger partial charge in [-0.1, -0.05) is 22.3 Å². The lowest BCUT2D eigenvalue weighted by atomic mass is 10.2. The fourth-order valence-electron chi connectivity index (χ4n) is 2.17. The molecule has 1 aliphatic heterocycles. The number of benzene rings is 1. The van der Waals surface area contributed by atoms with Crippen molar-refractivity contribution < 1.29 is 15.1 Å². The van der Waals surface area contributed by atoms with Gasteiger partial charge in [-0.05, 0) is 35.5 Å². The summed E-state index contributed by atoms with van der Waals surface area (Å²) in [5.41, 5.74) is 0.406. The molecular weight excluding hydrogens is 330 g/mol. The van der Waals surface area contributed by atoms with E-state index in [0.717, 1.165) is 5.31 Å². The molecule has 3 aromatic rings. The zero-order chi connectivity index (χ0) is 20.0. The van der Waals surface area contributed by atoms with E-state index in [-0.39, 0.29) is 23.0 Å². The number of fused-ring (bicyclic) bond motifs is 3. The number of amides is 1. The van der Waals surface area contributed by atoms with Gasteiger partial charge in [0.1, 0.15) is 11.5 Å². The van der Waals surface area contributed by atoms with Crippen molar-refractivity contribution in [2.45, 2.75) is 0 Å². The predicted octanol–water partition coefficient (Wildman–Crippen LogP) is 1.53. The second-order valence-electron chi connectivity index (χ2n) is 4.74. The number of nitrogens with one attached hydrogen (secondary N) is 3. The molecule has 0 saturated carbocycles. The number of hydrogen-bond donors (Lipinski definition) is 3. The SMILES string of the molecule is [2H]/C(C(=O)N([2H])c1ccccn1)=C1\c2nn([2H])n[n+]2-c2ccc(Cl)cc2N1[2H]. The molecule has 0 spiro atoms. The number of aromatic nitrogens is 5. The van der Waals surface area contributed by atoms with E-state index in [4.69, 9.17) is 17.2 Å². The fourth-order valence-corrected chi connectivity index (χ4v) is 2.34. The standard InChI is InChI=1S/C15H10ClN7O/c16-9-4-5-12-10(7-9)18-11(15-20-21-22-23(12)15)8-14(24)19-13-3-1-2-6-17-13/h1-8H,(H2,17,18,19,24)/p+1/i8D/hD3. The fraction of sp³-hybridized carbons (Fsp3) is 0. The molecule has 1 aliphatic rings. The highest BCUT2D eigenvalue weighted by atomic mass is 35.5. The first kappa shape index (κ1) is 10.5. The summed E-state index contributed by atoms with van der Waals surface area (Å²) in [7, 11) is 0. The normalized spacial score (nSPS) is 17.0. The number of tetrazole rings is 1. The number of halogens is 1. The Balaban J connectivity index is 1.87. The Labute approximate surface area is 147 Å². The smallest absolute Gasteiger partial charge is 0.347 e. The van der Waals surface area contributed by atoms with Crippen molar-refractivity contribution in [1.29, 1.82) is 0 Å². The van der Waals surface area contributed by atoms with Crippen molar-refractivity contribution >= 4 is 34.7 Å². The first-order valence-corrected chi connectivity index (χ1v) is 7.19. The summed E-state index contributed by atoms with van der Waals surface area (Å²) in [6.07, 6.45) is 1.41. The van der Waals surface area contributed by atoms with Gasteiger partial charge in [-0.25, -0.2) is 4.98 Å². The molecule has 1 amide bonds. The second kappa shape index (κ2) is 5.74. The van der Waals surface area contributed by atoms with Crippen LogP contribution >= 0.6 is 11.6 Å². The van der Waals surface area contributed by atoms with Gasteiger partial charge in [-0.2, -0.15) is 0 Å². The van der Waals surface area contributed by atoms with Crippen LogP contribution < -0.4 is 15.3 Å². The number of pyridine rings is 1. The van der Waals surface area contributed by atoms with Crippen LogP contribution in [0.1, 0.15) is 7.20 Å². The van der Waals surface area contributed by atoms with Crippen LogP contribution in [-0.4, -0.2) is 26.4 Å². The summed E-state index contributed by atoms with van der Waals surface area (Å²) < 4.78 is 33.6. The molecule has 24 heavy (non-hydrogen) atoms. The van der Waals surface area contributed by atoms with Crippen molar-refractivity contribution in [1.82, 2.24) is 20.5 Å². The minimum absolute atomic E-state index is 0.0191. The van der Waals surface area contributed by atoms with Gasteiger partial charge in [0, 0.05) is 17.3 Å². The quantitative estimate of drug-likeness (QED) is 0.483. The van der Waals surface area contributed by atoms with Crippen molar-refractivity contribution in [2.75, 3.05) is 10.6 Å². The van der Waals surface area contributed by atoms with Crippen LogP contribution in [0.3, 0.4) is 0 Å². The number of carbonyl (C=O) groups excluding carboxylic acids is 1. The molecule has 3 heterocycles. The maximum absolute atomic E-state index is 12.7. The maximum Gasteiger partial charge on any atom is 0.351 e. The van der Waals surface area contributed by atoms with E-state index in [1.54, 1.807) is 24.3 Å². The molecule has 0 atom stereocenters. The van der Waals surface area contributed by atoms with Gasteiger partial charge in [-0.3, -0.25) is 4.79 Å². The van der Waals surface area contributed by atoms with Gasteiger partial charge in [0.15, 0.2) is 8.51 Å². The third kappa shape index (κ3) is 2.59. The lowest BCUT2D eigenvalue weighted by Crippen LogP contribution is -2.41. The molecule has 2 aromatic heterocycles. The lowest BCUT2D eigenvalue weighted by molar-refractivity contribution is -0.662. The van der Waals surface area contributed by atoms with Gasteiger partial charge >= 0.3 is 7.24 Å². The van der Waals surface area contributed by atoms with E-state index in [9.17, 15) is 4.79 Å². The van der Waals surface area contributed by atoms with E-state index in [0.29, 0.717) is 21.2 Å².